The smallest absolute Gasteiger partial charge is 0.345 e. The maximum absolute atomic E-state index is 12.3. The molecule has 0 spiro atoms. The van der Waals surface area contributed by atoms with Crippen molar-refractivity contribution in [2.45, 2.75) is 6.54 Å². The van der Waals surface area contributed by atoms with Gasteiger partial charge in [0.25, 0.3) is 5.56 Å². The molecule has 0 amide bonds. The van der Waals surface area contributed by atoms with Gasteiger partial charge in [0, 0.05) is 26.8 Å². The van der Waals surface area contributed by atoms with Crippen molar-refractivity contribution in [2.24, 2.45) is 0 Å². The molecule has 0 saturated carbocycles. The summed E-state index contributed by atoms with van der Waals surface area (Å²) < 4.78 is 25.7. The van der Waals surface area contributed by atoms with Crippen LogP contribution in [0.25, 0.3) is 11.0 Å². The minimum Gasteiger partial charge on any atom is -0.505 e. The quantitative estimate of drug-likeness (QED) is 0.763. The highest BCUT2D eigenvalue weighted by Crippen LogP contribution is 2.24. The molecule has 124 valence electrons. The third-order valence-electron chi connectivity index (χ3n) is 3.34. The van der Waals surface area contributed by atoms with Crippen molar-refractivity contribution < 1.29 is 23.4 Å². The lowest BCUT2D eigenvalue weighted by atomic mass is 10.2. The lowest BCUT2D eigenvalue weighted by molar-refractivity contribution is 0.0691. The number of hydrogen-bond donors (Lipinski definition) is 2. The number of aromatic hydroxyl groups is 1. The largest absolute Gasteiger partial charge is 0.505 e. The van der Waals surface area contributed by atoms with Gasteiger partial charge in [-0.15, -0.1) is 0 Å². The molecular formula is C13H15N3O6S. The maximum atomic E-state index is 12.3. The van der Waals surface area contributed by atoms with Crippen LogP contribution >= 0.6 is 0 Å². The third-order valence-corrected chi connectivity index (χ3v) is 5.15. The Kier molecular flexibility index (Phi) is 4.39. The Balaban J connectivity index is 2.68. The first kappa shape index (κ1) is 16.9. The highest BCUT2D eigenvalue weighted by Gasteiger charge is 2.23. The van der Waals surface area contributed by atoms with Gasteiger partial charge in [-0.2, -0.15) is 0 Å². The first-order valence-electron chi connectivity index (χ1n) is 6.51. The van der Waals surface area contributed by atoms with Crippen molar-refractivity contribution in [1.82, 2.24) is 13.9 Å². The summed E-state index contributed by atoms with van der Waals surface area (Å²) in [6, 6.07) is 2.95. The van der Waals surface area contributed by atoms with Gasteiger partial charge in [-0.25, -0.2) is 17.5 Å². The van der Waals surface area contributed by atoms with E-state index in [9.17, 15) is 23.1 Å². The number of pyridine rings is 2. The number of carboxylic acid groups (broad SMARTS) is 1. The molecule has 0 radical (unpaired) electrons. The van der Waals surface area contributed by atoms with E-state index < -0.39 is 38.6 Å². The van der Waals surface area contributed by atoms with Gasteiger partial charge < -0.3 is 14.8 Å². The van der Waals surface area contributed by atoms with Crippen LogP contribution in [0.1, 0.15) is 10.4 Å². The number of aromatic nitrogens is 2. The number of carboxylic acids is 1. The fourth-order valence-corrected chi connectivity index (χ4v) is 2.84. The van der Waals surface area contributed by atoms with Gasteiger partial charge in [-0.3, -0.25) is 9.78 Å². The molecule has 9 nitrogen and oxygen atoms in total. The maximum Gasteiger partial charge on any atom is 0.345 e. The molecule has 23 heavy (non-hydrogen) atoms. The lowest BCUT2D eigenvalue weighted by Gasteiger charge is -2.15. The zero-order valence-corrected chi connectivity index (χ0v) is 13.2. The van der Waals surface area contributed by atoms with E-state index in [1.54, 1.807) is 0 Å². The highest BCUT2D eigenvalue weighted by atomic mass is 32.2. The van der Waals surface area contributed by atoms with Crippen molar-refractivity contribution in [1.29, 1.82) is 0 Å². The van der Waals surface area contributed by atoms with Gasteiger partial charge in [0.2, 0.25) is 10.0 Å². The fraction of sp³-hybridized carbons (Fsp3) is 0.308. The fourth-order valence-electron chi connectivity index (χ4n) is 2.07. The van der Waals surface area contributed by atoms with E-state index in [1.165, 1.54) is 32.4 Å². The van der Waals surface area contributed by atoms with Crippen molar-refractivity contribution in [3.05, 3.63) is 34.2 Å². The van der Waals surface area contributed by atoms with Crippen LogP contribution in [-0.4, -0.2) is 58.3 Å². The molecule has 2 aromatic heterocycles. The van der Waals surface area contributed by atoms with Gasteiger partial charge in [0.15, 0.2) is 11.3 Å². The summed E-state index contributed by atoms with van der Waals surface area (Å²) in [4.78, 5) is 27.4. The topological polar surface area (TPSA) is 130 Å². The number of nitrogens with zero attached hydrogens (tertiary/aromatic N) is 3. The normalized spacial score (nSPS) is 12.0. The molecule has 0 aliphatic carbocycles. The Morgan fingerprint density at radius 1 is 1.39 bits per heavy atom. The average Bonchev–Trinajstić information content (AvgIpc) is 2.46. The Labute approximate surface area is 131 Å². The van der Waals surface area contributed by atoms with Crippen LogP contribution in [0, 0.1) is 0 Å². The lowest BCUT2D eigenvalue weighted by Crippen LogP contribution is -2.32. The number of sulfonamides is 1. The van der Waals surface area contributed by atoms with E-state index in [2.05, 4.69) is 4.98 Å². The molecule has 2 aromatic rings. The SMILES string of the molecule is CN(C)S(=O)(=O)CCn1c(=O)c(C(=O)O)c(O)c2ncccc21. The molecule has 0 aliphatic rings. The Morgan fingerprint density at radius 3 is 2.61 bits per heavy atom. The van der Waals surface area contributed by atoms with Gasteiger partial charge in [-0.05, 0) is 12.1 Å². The Hall–Kier alpha value is -2.46. The predicted molar refractivity (Wildman–Crippen MR) is 82.1 cm³/mol. The molecule has 0 unspecified atom stereocenters. The van der Waals surface area contributed by atoms with E-state index in [-0.39, 0.29) is 17.6 Å². The van der Waals surface area contributed by atoms with E-state index in [4.69, 9.17) is 5.11 Å². The van der Waals surface area contributed by atoms with Crippen molar-refractivity contribution >= 4 is 27.0 Å². The van der Waals surface area contributed by atoms with Crippen molar-refractivity contribution in [3.63, 3.8) is 0 Å². The number of fused-ring (bicyclic) bond motifs is 1. The van der Waals surface area contributed by atoms with Crippen molar-refractivity contribution in [3.8, 4) is 5.75 Å². The molecule has 0 fully saturated rings. The van der Waals surface area contributed by atoms with Crippen LogP contribution in [0.4, 0.5) is 0 Å². The van der Waals surface area contributed by atoms with E-state index in [1.807, 2.05) is 0 Å². The monoisotopic (exact) mass is 341 g/mol. The van der Waals surface area contributed by atoms with Crippen LogP contribution < -0.4 is 5.56 Å². The molecule has 0 aromatic carbocycles. The summed E-state index contributed by atoms with van der Waals surface area (Å²) in [5, 5.41) is 19.1. The van der Waals surface area contributed by atoms with Crippen LogP contribution in [0.15, 0.2) is 23.1 Å². The Morgan fingerprint density at radius 2 is 2.04 bits per heavy atom. The zero-order chi connectivity index (χ0) is 17.4. The first-order valence-corrected chi connectivity index (χ1v) is 8.11. The molecule has 0 bridgehead atoms. The molecule has 0 aliphatic heterocycles. The van der Waals surface area contributed by atoms with Crippen LogP contribution in [0.3, 0.4) is 0 Å². The van der Waals surface area contributed by atoms with Crippen LogP contribution in [-0.2, 0) is 16.6 Å². The average molecular weight is 341 g/mol. The van der Waals surface area contributed by atoms with E-state index in [0.29, 0.717) is 0 Å². The van der Waals surface area contributed by atoms with Gasteiger partial charge in [0.05, 0.1) is 11.3 Å². The summed E-state index contributed by atoms with van der Waals surface area (Å²) in [6.45, 7) is -0.262. The van der Waals surface area contributed by atoms with E-state index >= 15 is 0 Å². The van der Waals surface area contributed by atoms with E-state index in [0.717, 1.165) is 8.87 Å². The number of rotatable bonds is 5. The predicted octanol–water partition coefficient (Wildman–Crippen LogP) is -0.308. The molecule has 0 atom stereocenters. The molecule has 10 heteroatoms. The summed E-state index contributed by atoms with van der Waals surface area (Å²) in [5.41, 5.74) is -1.73. The zero-order valence-electron chi connectivity index (χ0n) is 12.4. The second-order valence-corrected chi connectivity index (χ2v) is 7.26. The minimum absolute atomic E-state index is 0.0771. The Bertz CT molecular complexity index is 933. The third kappa shape index (κ3) is 3.03. The second-order valence-electron chi connectivity index (χ2n) is 4.96. The van der Waals surface area contributed by atoms with Crippen LogP contribution in [0.2, 0.25) is 0 Å². The van der Waals surface area contributed by atoms with Crippen LogP contribution in [0.5, 0.6) is 5.75 Å². The molecule has 0 saturated heterocycles. The number of carbonyl (C=O) groups is 1. The molecule has 2 N–H and O–H groups in total. The first-order chi connectivity index (χ1) is 10.7. The van der Waals surface area contributed by atoms with Gasteiger partial charge in [0.1, 0.15) is 5.52 Å². The summed E-state index contributed by atoms with van der Waals surface area (Å²) in [6.07, 6.45) is 1.33. The van der Waals surface area contributed by atoms with Gasteiger partial charge in [-0.1, -0.05) is 0 Å². The number of hydrogen-bond acceptors (Lipinski definition) is 6. The molecular weight excluding hydrogens is 326 g/mol. The van der Waals surface area contributed by atoms with Crippen molar-refractivity contribution in [2.75, 3.05) is 19.8 Å². The van der Waals surface area contributed by atoms with Gasteiger partial charge >= 0.3 is 5.97 Å². The highest BCUT2D eigenvalue weighted by molar-refractivity contribution is 7.89. The molecule has 2 heterocycles. The summed E-state index contributed by atoms with van der Waals surface area (Å²) >= 11 is 0. The number of aryl methyl sites for hydroxylation is 1. The summed E-state index contributed by atoms with van der Waals surface area (Å²) in [7, 11) is -0.865. The molecule has 2 rings (SSSR count). The standard InChI is InChI=1S/C13H15N3O6S/c1-15(2)23(21,22)7-6-16-8-4-3-5-14-10(8)11(17)9(12(16)18)13(19)20/h3-5,17H,6-7H2,1-2H3,(H,19,20). The number of aromatic carboxylic acids is 1. The minimum atomic E-state index is -3.58. The summed E-state index contributed by atoms with van der Waals surface area (Å²) in [5.74, 6) is -2.73. The second kappa shape index (κ2) is 5.97.